The highest BCUT2D eigenvalue weighted by Gasteiger charge is 2.28. The Morgan fingerprint density at radius 3 is 2.30 bits per heavy atom. The number of sulfone groups is 1. The van der Waals surface area contributed by atoms with Gasteiger partial charge in [0.25, 0.3) is 0 Å². The molecule has 20 heavy (non-hydrogen) atoms. The second-order valence-electron chi connectivity index (χ2n) is 5.92. The Kier molecular flexibility index (Phi) is 4.04. The third kappa shape index (κ3) is 3.31. The van der Waals surface area contributed by atoms with E-state index in [-0.39, 0.29) is 5.75 Å². The molecule has 0 unspecified atom stereocenters. The van der Waals surface area contributed by atoms with Crippen LogP contribution in [0.1, 0.15) is 20.8 Å². The van der Waals surface area contributed by atoms with E-state index in [2.05, 4.69) is 11.4 Å². The van der Waals surface area contributed by atoms with Crippen LogP contribution >= 0.6 is 0 Å². The highest BCUT2D eigenvalue weighted by atomic mass is 32.2. The molecule has 2 aromatic carbocycles. The van der Waals surface area contributed by atoms with Gasteiger partial charge < -0.3 is 5.32 Å². The molecule has 0 saturated carbocycles. The molecule has 2 aromatic rings. The first kappa shape index (κ1) is 14.9. The van der Waals surface area contributed by atoms with E-state index in [1.54, 1.807) is 20.8 Å². The molecule has 0 aliphatic carbocycles. The third-order valence-electron chi connectivity index (χ3n) is 3.38. The Balaban J connectivity index is 2.03. The fourth-order valence-electron chi connectivity index (χ4n) is 1.94. The molecule has 0 saturated heterocycles. The summed E-state index contributed by atoms with van der Waals surface area (Å²) in [5.74, 6) is 0.142. The average Bonchev–Trinajstić information content (AvgIpc) is 2.37. The molecule has 3 nitrogen and oxygen atoms in total. The topological polar surface area (TPSA) is 46.2 Å². The van der Waals surface area contributed by atoms with Crippen LogP contribution in [0.2, 0.25) is 0 Å². The first-order chi connectivity index (χ1) is 9.29. The van der Waals surface area contributed by atoms with Crippen molar-refractivity contribution < 1.29 is 8.42 Å². The Hall–Kier alpha value is -1.55. The number of fused-ring (bicyclic) bond motifs is 1. The lowest BCUT2D eigenvalue weighted by molar-refractivity contribution is 0.560. The Labute approximate surface area is 120 Å². The zero-order valence-corrected chi connectivity index (χ0v) is 13.0. The zero-order valence-electron chi connectivity index (χ0n) is 12.2. The molecular formula is C16H21NO2S. The van der Waals surface area contributed by atoms with Gasteiger partial charge in [0.15, 0.2) is 9.84 Å². The molecule has 0 fully saturated rings. The predicted octanol–water partition coefficient (Wildman–Crippen LogP) is 3.47. The minimum Gasteiger partial charge on any atom is -0.384 e. The Bertz CT molecular complexity index is 700. The molecule has 0 aromatic heterocycles. The van der Waals surface area contributed by atoms with Gasteiger partial charge in [-0.25, -0.2) is 8.42 Å². The molecule has 2 rings (SSSR count). The van der Waals surface area contributed by atoms with E-state index in [0.29, 0.717) is 6.54 Å². The van der Waals surface area contributed by atoms with Crippen LogP contribution in [0.15, 0.2) is 42.5 Å². The summed E-state index contributed by atoms with van der Waals surface area (Å²) >= 11 is 0. The summed E-state index contributed by atoms with van der Waals surface area (Å²) in [4.78, 5) is 0. The lowest BCUT2D eigenvalue weighted by Gasteiger charge is -2.19. The van der Waals surface area contributed by atoms with Gasteiger partial charge in [0, 0.05) is 12.2 Å². The van der Waals surface area contributed by atoms with Crippen LogP contribution in [0, 0.1) is 0 Å². The second kappa shape index (κ2) is 5.44. The predicted molar refractivity (Wildman–Crippen MR) is 86.0 cm³/mol. The van der Waals surface area contributed by atoms with Crippen molar-refractivity contribution in [3.05, 3.63) is 42.5 Å². The van der Waals surface area contributed by atoms with E-state index in [9.17, 15) is 8.42 Å². The zero-order chi connectivity index (χ0) is 14.8. The summed E-state index contributed by atoms with van der Waals surface area (Å²) in [6.07, 6.45) is 0. The Morgan fingerprint density at radius 2 is 1.65 bits per heavy atom. The molecule has 0 heterocycles. The van der Waals surface area contributed by atoms with Gasteiger partial charge in [-0.3, -0.25) is 0 Å². The number of anilines is 1. The summed E-state index contributed by atoms with van der Waals surface area (Å²) in [7, 11) is -3.07. The van der Waals surface area contributed by atoms with Crippen LogP contribution < -0.4 is 5.32 Å². The lowest BCUT2D eigenvalue weighted by atomic mass is 10.1. The molecule has 108 valence electrons. The van der Waals surface area contributed by atoms with Crippen molar-refractivity contribution in [2.75, 3.05) is 17.6 Å². The van der Waals surface area contributed by atoms with Crippen LogP contribution in [0.3, 0.4) is 0 Å². The number of hydrogen-bond acceptors (Lipinski definition) is 3. The number of hydrogen-bond donors (Lipinski definition) is 1. The van der Waals surface area contributed by atoms with E-state index in [4.69, 9.17) is 0 Å². The van der Waals surface area contributed by atoms with E-state index < -0.39 is 14.6 Å². The minimum atomic E-state index is -3.07. The highest BCUT2D eigenvalue weighted by Crippen LogP contribution is 2.19. The second-order valence-corrected chi connectivity index (χ2v) is 8.78. The molecule has 0 aliphatic rings. The molecule has 4 heteroatoms. The average molecular weight is 291 g/mol. The number of nitrogens with one attached hydrogen (secondary N) is 1. The smallest absolute Gasteiger partial charge is 0.156 e. The molecule has 1 N–H and O–H groups in total. The summed E-state index contributed by atoms with van der Waals surface area (Å²) < 4.78 is 23.3. The van der Waals surface area contributed by atoms with Gasteiger partial charge in [-0.2, -0.15) is 0 Å². The van der Waals surface area contributed by atoms with Gasteiger partial charge >= 0.3 is 0 Å². The summed E-state index contributed by atoms with van der Waals surface area (Å²) in [6.45, 7) is 5.63. The lowest BCUT2D eigenvalue weighted by Crippen LogP contribution is -2.32. The molecule has 0 spiro atoms. The van der Waals surface area contributed by atoms with Crippen molar-refractivity contribution in [3.8, 4) is 0 Å². The van der Waals surface area contributed by atoms with E-state index in [1.165, 1.54) is 5.39 Å². The van der Waals surface area contributed by atoms with Crippen LogP contribution in [0.5, 0.6) is 0 Å². The number of benzene rings is 2. The highest BCUT2D eigenvalue weighted by molar-refractivity contribution is 7.92. The Morgan fingerprint density at radius 1 is 1.00 bits per heavy atom. The van der Waals surface area contributed by atoms with Crippen molar-refractivity contribution in [1.82, 2.24) is 0 Å². The maximum absolute atomic E-state index is 12.0. The molecule has 0 amide bonds. The van der Waals surface area contributed by atoms with Crippen molar-refractivity contribution in [1.29, 1.82) is 0 Å². The SMILES string of the molecule is CC(C)(C)S(=O)(=O)CCNc1ccc2ccccc2c1. The van der Waals surface area contributed by atoms with Crippen LogP contribution in [-0.4, -0.2) is 25.5 Å². The quantitative estimate of drug-likeness (QED) is 0.938. The van der Waals surface area contributed by atoms with Crippen LogP contribution in [0.25, 0.3) is 10.8 Å². The summed E-state index contributed by atoms with van der Waals surface area (Å²) in [6, 6.07) is 14.2. The van der Waals surface area contributed by atoms with Crippen molar-refractivity contribution >= 4 is 26.3 Å². The first-order valence-electron chi connectivity index (χ1n) is 6.75. The van der Waals surface area contributed by atoms with Crippen molar-refractivity contribution in [2.24, 2.45) is 0 Å². The molecular weight excluding hydrogens is 270 g/mol. The van der Waals surface area contributed by atoms with Gasteiger partial charge in [-0.05, 0) is 43.7 Å². The monoisotopic (exact) mass is 291 g/mol. The summed E-state index contributed by atoms with van der Waals surface area (Å²) in [5.41, 5.74) is 0.952. The third-order valence-corrected chi connectivity index (χ3v) is 5.99. The molecule has 0 radical (unpaired) electrons. The van der Waals surface area contributed by atoms with E-state index in [1.807, 2.05) is 36.4 Å². The van der Waals surface area contributed by atoms with E-state index >= 15 is 0 Å². The maximum atomic E-state index is 12.0. The molecule has 0 bridgehead atoms. The maximum Gasteiger partial charge on any atom is 0.156 e. The first-order valence-corrected chi connectivity index (χ1v) is 8.40. The minimum absolute atomic E-state index is 0.142. The summed E-state index contributed by atoms with van der Waals surface area (Å²) in [5, 5.41) is 5.52. The van der Waals surface area contributed by atoms with Gasteiger partial charge in [-0.15, -0.1) is 0 Å². The van der Waals surface area contributed by atoms with Crippen LogP contribution in [0.4, 0.5) is 5.69 Å². The standard InChI is InChI=1S/C16H21NO2S/c1-16(2,3)20(18,19)11-10-17-15-9-8-13-6-4-5-7-14(13)12-15/h4-9,12,17H,10-11H2,1-3H3. The van der Waals surface area contributed by atoms with Crippen molar-refractivity contribution in [2.45, 2.75) is 25.5 Å². The van der Waals surface area contributed by atoms with Gasteiger partial charge in [0.05, 0.1) is 10.5 Å². The largest absolute Gasteiger partial charge is 0.384 e. The molecule has 0 aliphatic heterocycles. The van der Waals surface area contributed by atoms with Crippen molar-refractivity contribution in [3.63, 3.8) is 0 Å². The van der Waals surface area contributed by atoms with E-state index in [0.717, 1.165) is 11.1 Å². The fraction of sp³-hybridized carbons (Fsp3) is 0.375. The van der Waals surface area contributed by atoms with Gasteiger partial charge in [0.1, 0.15) is 0 Å². The van der Waals surface area contributed by atoms with Gasteiger partial charge in [0.2, 0.25) is 0 Å². The van der Waals surface area contributed by atoms with Crippen LogP contribution in [-0.2, 0) is 9.84 Å². The normalized spacial score (nSPS) is 12.6. The van der Waals surface area contributed by atoms with Gasteiger partial charge in [-0.1, -0.05) is 30.3 Å². The molecule has 0 atom stereocenters. The number of rotatable bonds is 4. The fourth-order valence-corrected chi connectivity index (χ4v) is 2.92.